The van der Waals surface area contributed by atoms with Crippen molar-refractivity contribution in [3.63, 3.8) is 0 Å². The molecule has 0 aromatic rings. The van der Waals surface area contributed by atoms with E-state index in [1.807, 2.05) is 0 Å². The van der Waals surface area contributed by atoms with E-state index in [0.717, 1.165) is 77.0 Å². The van der Waals surface area contributed by atoms with Crippen LogP contribution >= 0.6 is 0 Å². The molecule has 0 saturated carbocycles. The van der Waals surface area contributed by atoms with Gasteiger partial charge in [-0.3, -0.25) is 4.79 Å². The van der Waals surface area contributed by atoms with Crippen LogP contribution in [-0.4, -0.2) is 193 Å². The number of rotatable bonds is 66. The largest absolute Gasteiger partial charge is 0.394 e. The molecule has 0 aromatic carbocycles. The van der Waals surface area contributed by atoms with Crippen molar-refractivity contribution in [1.82, 2.24) is 5.32 Å². The molecule has 3 rings (SSSR count). The second-order valence-corrected chi connectivity index (χ2v) is 29.6. The summed E-state index contributed by atoms with van der Waals surface area (Å²) in [5.74, 6) is -0.237. The van der Waals surface area contributed by atoms with E-state index in [1.165, 1.54) is 218 Å². The van der Waals surface area contributed by atoms with Crippen LogP contribution in [0.1, 0.15) is 328 Å². The third kappa shape index (κ3) is 42.9. The number of hydrogen-bond donors (Lipinski definition) is 12. The molecule has 12 N–H and O–H groups in total. The Labute approximate surface area is 617 Å². The van der Waals surface area contributed by atoms with Gasteiger partial charge in [-0.25, -0.2) is 0 Å². The highest BCUT2D eigenvalue weighted by Gasteiger charge is 2.54. The van der Waals surface area contributed by atoms with Crippen molar-refractivity contribution >= 4 is 5.91 Å². The van der Waals surface area contributed by atoms with Crippen molar-refractivity contribution in [2.45, 2.75) is 433 Å². The predicted molar refractivity (Wildman–Crippen MR) is 406 cm³/mol. The van der Waals surface area contributed by atoms with Crippen LogP contribution in [0.25, 0.3) is 0 Å². The Balaban J connectivity index is 1.30. The first kappa shape index (κ1) is 93.7. The van der Waals surface area contributed by atoms with Gasteiger partial charge in [0.05, 0.1) is 38.6 Å². The van der Waals surface area contributed by atoms with Crippen LogP contribution in [0.5, 0.6) is 0 Å². The molecule has 1 amide bonds. The van der Waals surface area contributed by atoms with Gasteiger partial charge in [0.25, 0.3) is 0 Å². The number of ether oxygens (including phenoxy) is 6. The van der Waals surface area contributed by atoms with E-state index in [4.69, 9.17) is 28.4 Å². The first-order chi connectivity index (χ1) is 49.8. The molecule has 0 aromatic heterocycles. The molecule has 19 nitrogen and oxygen atoms in total. The van der Waals surface area contributed by atoms with Gasteiger partial charge in [0.15, 0.2) is 18.9 Å². The summed E-state index contributed by atoms with van der Waals surface area (Å²) in [6, 6.07) is -0.887. The maximum absolute atomic E-state index is 13.5. The SMILES string of the molecule is CC/C=C\C/C=C\C/C=C\C/C=C\C/C=C\CCCCCCCCCCCCCCCCCCCCCCCCCC(=O)NC(COC1OC(CO)C(OC2OC(CO)C(OC3OC(CO)C(O)C(O)C3O)C(O)C2O)C(O)C1O)C(O)CCCCCCCCCCCCCCCCCCCC. The van der Waals surface area contributed by atoms with Gasteiger partial charge in [-0.05, 0) is 57.8 Å². The van der Waals surface area contributed by atoms with Crippen molar-refractivity contribution in [3.05, 3.63) is 60.8 Å². The number of aliphatic hydroxyl groups excluding tert-OH is 11. The molecule has 3 fully saturated rings. The molecule has 102 heavy (non-hydrogen) atoms. The summed E-state index contributed by atoms with van der Waals surface area (Å²) < 4.78 is 34.5. The van der Waals surface area contributed by atoms with Gasteiger partial charge in [0, 0.05) is 6.42 Å². The van der Waals surface area contributed by atoms with Gasteiger partial charge in [0.2, 0.25) is 5.91 Å². The number of carbonyl (C=O) groups excluding carboxylic acids is 1. The molecule has 0 radical (unpaired) electrons. The molecule has 596 valence electrons. The van der Waals surface area contributed by atoms with Crippen LogP contribution in [0, 0.1) is 0 Å². The zero-order chi connectivity index (χ0) is 73.9. The molecular weight excluding hydrogens is 1300 g/mol. The van der Waals surface area contributed by atoms with E-state index in [9.17, 15) is 61.0 Å². The summed E-state index contributed by atoms with van der Waals surface area (Å²) in [6.45, 7) is 1.73. The predicted octanol–water partition coefficient (Wildman–Crippen LogP) is 14.2. The quantitative estimate of drug-likeness (QED) is 0.0199. The van der Waals surface area contributed by atoms with Gasteiger partial charge in [-0.15, -0.1) is 0 Å². The third-order valence-corrected chi connectivity index (χ3v) is 20.6. The van der Waals surface area contributed by atoms with Crippen molar-refractivity contribution in [1.29, 1.82) is 0 Å². The zero-order valence-corrected chi connectivity index (χ0v) is 63.8. The maximum atomic E-state index is 13.5. The number of amides is 1. The highest BCUT2D eigenvalue weighted by atomic mass is 16.8. The Bertz CT molecular complexity index is 2080. The molecule has 17 unspecified atom stereocenters. The fraction of sp³-hybridized carbons (Fsp3) is 0.867. The molecule has 3 heterocycles. The number of allylic oxidation sites excluding steroid dienone is 10. The average Bonchev–Trinajstić information content (AvgIpc) is 0.781. The normalized spacial score (nSPS) is 26.5. The van der Waals surface area contributed by atoms with E-state index in [-0.39, 0.29) is 18.9 Å². The van der Waals surface area contributed by atoms with Gasteiger partial charge in [-0.1, -0.05) is 325 Å². The Morgan fingerprint density at radius 2 is 0.676 bits per heavy atom. The number of unbranched alkanes of at least 4 members (excludes halogenated alkanes) is 40. The topological polar surface area (TPSA) is 307 Å². The molecule has 0 bridgehead atoms. The van der Waals surface area contributed by atoms with Crippen LogP contribution in [0.3, 0.4) is 0 Å². The highest BCUT2D eigenvalue weighted by molar-refractivity contribution is 5.76. The lowest BCUT2D eigenvalue weighted by atomic mass is 9.96. The summed E-state index contributed by atoms with van der Waals surface area (Å²) in [5.41, 5.74) is 0. The van der Waals surface area contributed by atoms with Gasteiger partial charge >= 0.3 is 0 Å². The van der Waals surface area contributed by atoms with Crippen LogP contribution in [0.4, 0.5) is 0 Å². The first-order valence-corrected chi connectivity index (χ1v) is 41.5. The lowest BCUT2D eigenvalue weighted by Gasteiger charge is -2.48. The van der Waals surface area contributed by atoms with E-state index < -0.39 is 124 Å². The second kappa shape index (κ2) is 63.4. The van der Waals surface area contributed by atoms with E-state index in [0.29, 0.717) is 12.8 Å². The molecule has 0 aliphatic carbocycles. The minimum Gasteiger partial charge on any atom is -0.394 e. The van der Waals surface area contributed by atoms with Gasteiger partial charge < -0.3 is 89.9 Å². The minimum atomic E-state index is -1.97. The monoisotopic (exact) mass is 1450 g/mol. The van der Waals surface area contributed by atoms with Crippen molar-refractivity contribution in [3.8, 4) is 0 Å². The Kier molecular flexibility index (Phi) is 58.3. The Hall–Kier alpha value is -2.51. The third-order valence-electron chi connectivity index (χ3n) is 20.6. The second-order valence-electron chi connectivity index (χ2n) is 29.6. The summed E-state index contributed by atoms with van der Waals surface area (Å²) >= 11 is 0. The van der Waals surface area contributed by atoms with Gasteiger partial charge in [-0.2, -0.15) is 0 Å². The van der Waals surface area contributed by atoms with Crippen LogP contribution in [0.2, 0.25) is 0 Å². The fourth-order valence-electron chi connectivity index (χ4n) is 14.0. The van der Waals surface area contributed by atoms with E-state index in [2.05, 4.69) is 79.9 Å². The molecule has 3 aliphatic rings. The van der Waals surface area contributed by atoms with Crippen molar-refractivity contribution in [2.75, 3.05) is 26.4 Å². The Morgan fingerprint density at radius 3 is 1.06 bits per heavy atom. The lowest BCUT2D eigenvalue weighted by Crippen LogP contribution is -2.66. The van der Waals surface area contributed by atoms with Crippen LogP contribution < -0.4 is 5.32 Å². The summed E-state index contributed by atoms with van der Waals surface area (Å²) in [4.78, 5) is 13.5. The summed E-state index contributed by atoms with van der Waals surface area (Å²) in [5, 5.41) is 121. The molecule has 19 heteroatoms. The van der Waals surface area contributed by atoms with Crippen molar-refractivity contribution < 1.29 is 89.4 Å². The number of aliphatic hydroxyl groups is 11. The highest BCUT2D eigenvalue weighted by Crippen LogP contribution is 2.33. The molecule has 3 saturated heterocycles. The molecule has 3 aliphatic heterocycles. The minimum absolute atomic E-state index is 0.237. The fourth-order valence-corrected chi connectivity index (χ4v) is 14.0. The Morgan fingerprint density at radius 1 is 0.363 bits per heavy atom. The molecule has 17 atom stereocenters. The van der Waals surface area contributed by atoms with Crippen LogP contribution in [0.15, 0.2) is 60.8 Å². The average molecular weight is 1450 g/mol. The zero-order valence-electron chi connectivity index (χ0n) is 63.8. The van der Waals surface area contributed by atoms with E-state index >= 15 is 0 Å². The van der Waals surface area contributed by atoms with E-state index in [1.54, 1.807) is 0 Å². The standard InChI is InChI=1S/C83H151NO18/c1-3-5-7-9-11-13-15-17-19-21-23-24-25-26-27-28-29-30-31-32-33-34-35-36-37-38-39-40-41-42-43-45-47-49-51-53-55-57-59-61-71(89)84-66(67(88)60-58-56-54-52-50-48-46-44-22-20-18-16-14-12-10-8-6-4-2)65-97-81-77(95)74(92)79(69(63-86)99-81)102-83-78(96)75(93)80(70(64-87)100-83)101-82-76(94)73(91)72(90)68(62-85)98-82/h5,7,11,13,17,19,23-24,26-27,66-70,72-83,85-88,90-96H,3-4,6,8-10,12,14-16,18,20-22,25,28-65H2,1-2H3,(H,84,89)/b7-5-,13-11-,19-17-,24-23-,27-26-. The lowest BCUT2D eigenvalue weighted by molar-refractivity contribution is -0.379. The first-order valence-electron chi connectivity index (χ1n) is 41.5. The number of carbonyl (C=O) groups is 1. The molecule has 0 spiro atoms. The van der Waals surface area contributed by atoms with Crippen molar-refractivity contribution in [2.24, 2.45) is 0 Å². The maximum Gasteiger partial charge on any atom is 0.220 e. The molecular formula is C83H151NO18. The number of hydrogen-bond acceptors (Lipinski definition) is 18. The summed E-state index contributed by atoms with van der Waals surface area (Å²) in [7, 11) is 0. The van der Waals surface area contributed by atoms with Crippen LogP contribution in [-0.2, 0) is 33.2 Å². The summed E-state index contributed by atoms with van der Waals surface area (Å²) in [6.07, 6.45) is 54.7. The smallest absolute Gasteiger partial charge is 0.220 e. The van der Waals surface area contributed by atoms with Gasteiger partial charge in [0.1, 0.15) is 73.2 Å². The number of nitrogens with one attached hydrogen (secondary N) is 1.